The Kier molecular flexibility index (Phi) is 9.04. The highest BCUT2D eigenvalue weighted by Gasteiger charge is 2.36. The number of halogens is 3. The van der Waals surface area contributed by atoms with Crippen LogP contribution >= 0.6 is 0 Å². The highest BCUT2D eigenvalue weighted by Crippen LogP contribution is 2.29. The smallest absolute Gasteiger partial charge is 0.352 e. The number of hydrogen-bond acceptors (Lipinski definition) is 4. The molecule has 1 saturated heterocycles. The van der Waals surface area contributed by atoms with Crippen molar-refractivity contribution in [3.8, 4) is 0 Å². The van der Waals surface area contributed by atoms with E-state index in [1.54, 1.807) is 0 Å². The summed E-state index contributed by atoms with van der Waals surface area (Å²) in [6.07, 6.45) is 0.578. The molecule has 2 aliphatic rings. The number of nitrogens with zero attached hydrogens (tertiary/aromatic N) is 1. The minimum Gasteiger partial charge on any atom is -0.352 e. The number of hydrogen-bond donors (Lipinski definition) is 3. The second-order valence-electron chi connectivity index (χ2n) is 10.00. The molecule has 3 atom stereocenters. The molecule has 4 rings (SSSR count). The van der Waals surface area contributed by atoms with Gasteiger partial charge < -0.3 is 16.0 Å². The number of likely N-dealkylation sites (tertiary alicyclic amines) is 1. The Labute approximate surface area is 220 Å². The molecule has 2 aromatic carbocycles. The van der Waals surface area contributed by atoms with Gasteiger partial charge in [-0.05, 0) is 43.0 Å². The number of amides is 3. The van der Waals surface area contributed by atoms with E-state index in [-0.39, 0.29) is 36.1 Å². The molecule has 0 radical (unpaired) electrons. The van der Waals surface area contributed by atoms with Crippen molar-refractivity contribution in [2.75, 3.05) is 19.6 Å². The number of carbonyl (C=O) groups excluding carboxylic acids is 3. The fourth-order valence-electron chi connectivity index (χ4n) is 5.34. The first-order valence-corrected chi connectivity index (χ1v) is 13.0. The van der Waals surface area contributed by atoms with E-state index in [1.807, 2.05) is 30.3 Å². The number of rotatable bonds is 8. The maximum atomic E-state index is 12.9. The molecule has 1 unspecified atom stereocenters. The van der Waals surface area contributed by atoms with Crippen LogP contribution in [0.3, 0.4) is 0 Å². The summed E-state index contributed by atoms with van der Waals surface area (Å²) in [6.45, 7) is 1.10. The van der Waals surface area contributed by atoms with E-state index in [4.69, 9.17) is 0 Å². The van der Waals surface area contributed by atoms with Gasteiger partial charge in [0.15, 0.2) is 0 Å². The van der Waals surface area contributed by atoms with Crippen molar-refractivity contribution in [1.29, 1.82) is 0 Å². The summed E-state index contributed by atoms with van der Waals surface area (Å²) in [5.41, 5.74) is -0.100. The van der Waals surface area contributed by atoms with Crippen molar-refractivity contribution < 1.29 is 27.6 Å². The first-order chi connectivity index (χ1) is 18.2. The van der Waals surface area contributed by atoms with Crippen LogP contribution in [-0.2, 0) is 22.2 Å². The Morgan fingerprint density at radius 2 is 1.66 bits per heavy atom. The number of alkyl halides is 3. The van der Waals surface area contributed by atoms with Crippen molar-refractivity contribution in [1.82, 2.24) is 20.9 Å². The zero-order valence-corrected chi connectivity index (χ0v) is 21.1. The molecule has 2 fully saturated rings. The SMILES string of the molecule is O=C(CNC(=O)c1cccc(C(F)(F)F)c1)NC1CCN([C@H]2CCCC[C@H]2NC(=O)Cc2ccccc2)C1. The van der Waals surface area contributed by atoms with Crippen molar-refractivity contribution in [3.63, 3.8) is 0 Å². The Morgan fingerprint density at radius 3 is 2.42 bits per heavy atom. The van der Waals surface area contributed by atoms with Crippen LogP contribution < -0.4 is 16.0 Å². The van der Waals surface area contributed by atoms with Crippen LogP contribution in [0.1, 0.15) is 53.6 Å². The van der Waals surface area contributed by atoms with Gasteiger partial charge in [0.1, 0.15) is 0 Å². The maximum Gasteiger partial charge on any atom is 0.416 e. The highest BCUT2D eigenvalue weighted by molar-refractivity contribution is 5.96. The molecule has 2 aromatic rings. The summed E-state index contributed by atoms with van der Waals surface area (Å²) >= 11 is 0. The van der Waals surface area contributed by atoms with Crippen molar-refractivity contribution >= 4 is 17.7 Å². The van der Waals surface area contributed by atoms with Gasteiger partial charge in [-0.15, -0.1) is 0 Å². The maximum absolute atomic E-state index is 12.9. The third-order valence-corrected chi connectivity index (χ3v) is 7.20. The van der Waals surface area contributed by atoms with E-state index < -0.39 is 23.6 Å². The van der Waals surface area contributed by atoms with Gasteiger partial charge >= 0.3 is 6.18 Å². The standard InChI is InChI=1S/C28H33F3N4O3/c29-28(30,31)21-10-6-9-20(16-21)27(38)32-17-26(37)33-22-13-14-35(18-22)24-12-5-4-11-23(24)34-25(36)15-19-7-2-1-3-8-19/h1-3,6-10,16,22-24H,4-5,11-15,17-18H2,(H,32,38)(H,33,37)(H,34,36)/t22?,23-,24+/m1/s1. The molecular weight excluding hydrogens is 497 g/mol. The van der Waals surface area contributed by atoms with E-state index in [1.165, 1.54) is 6.07 Å². The Balaban J connectivity index is 1.24. The predicted molar refractivity (Wildman–Crippen MR) is 136 cm³/mol. The van der Waals surface area contributed by atoms with Crippen LogP contribution in [0.4, 0.5) is 13.2 Å². The molecule has 204 valence electrons. The summed E-state index contributed by atoms with van der Waals surface area (Å²) in [4.78, 5) is 39.7. The Bertz CT molecular complexity index is 1130. The van der Waals surface area contributed by atoms with Crippen LogP contribution in [0.15, 0.2) is 54.6 Å². The number of nitrogens with one attached hydrogen (secondary N) is 3. The zero-order chi connectivity index (χ0) is 27.1. The minimum atomic E-state index is -4.55. The van der Waals surface area contributed by atoms with Crippen LogP contribution in [0, 0.1) is 0 Å². The summed E-state index contributed by atoms with van der Waals surface area (Å²) in [5, 5.41) is 8.54. The van der Waals surface area contributed by atoms with Crippen molar-refractivity contribution in [3.05, 3.63) is 71.3 Å². The van der Waals surface area contributed by atoms with Crippen molar-refractivity contribution in [2.24, 2.45) is 0 Å². The van der Waals surface area contributed by atoms with Gasteiger partial charge in [0, 0.05) is 36.8 Å². The first-order valence-electron chi connectivity index (χ1n) is 13.0. The van der Waals surface area contributed by atoms with Gasteiger partial charge in [0.05, 0.1) is 18.5 Å². The first kappa shape index (κ1) is 27.6. The third-order valence-electron chi connectivity index (χ3n) is 7.20. The molecule has 0 aromatic heterocycles. The Morgan fingerprint density at radius 1 is 0.895 bits per heavy atom. The number of carbonyl (C=O) groups is 3. The summed E-state index contributed by atoms with van der Waals surface area (Å²) < 4.78 is 38.7. The second-order valence-corrected chi connectivity index (χ2v) is 10.00. The van der Waals surface area contributed by atoms with E-state index in [2.05, 4.69) is 20.9 Å². The molecule has 0 spiro atoms. The zero-order valence-electron chi connectivity index (χ0n) is 21.1. The lowest BCUT2D eigenvalue weighted by Crippen LogP contribution is -2.53. The van der Waals surface area contributed by atoms with Crippen LogP contribution in [0.2, 0.25) is 0 Å². The fraction of sp³-hybridized carbons (Fsp3) is 0.464. The van der Waals surface area contributed by atoms with Crippen LogP contribution in [-0.4, -0.2) is 60.4 Å². The quantitative estimate of drug-likeness (QED) is 0.489. The van der Waals surface area contributed by atoms with Gasteiger partial charge in [0.25, 0.3) is 5.91 Å². The van der Waals surface area contributed by atoms with Gasteiger partial charge in [-0.3, -0.25) is 19.3 Å². The van der Waals surface area contributed by atoms with E-state index in [9.17, 15) is 27.6 Å². The topological polar surface area (TPSA) is 90.5 Å². The molecule has 1 heterocycles. The molecule has 3 N–H and O–H groups in total. The molecule has 10 heteroatoms. The fourth-order valence-corrected chi connectivity index (χ4v) is 5.34. The summed E-state index contributed by atoms with van der Waals surface area (Å²) in [5.74, 6) is -1.13. The van der Waals surface area contributed by atoms with Gasteiger partial charge in [-0.25, -0.2) is 0 Å². The summed E-state index contributed by atoms with van der Waals surface area (Å²) in [6, 6.07) is 13.9. The lowest BCUT2D eigenvalue weighted by Gasteiger charge is -2.38. The summed E-state index contributed by atoms with van der Waals surface area (Å²) in [7, 11) is 0. The van der Waals surface area contributed by atoms with Crippen LogP contribution in [0.5, 0.6) is 0 Å². The molecule has 3 amide bonds. The molecule has 7 nitrogen and oxygen atoms in total. The lowest BCUT2D eigenvalue weighted by molar-refractivity contribution is -0.137. The molecule has 0 bridgehead atoms. The second kappa shape index (κ2) is 12.4. The van der Waals surface area contributed by atoms with Crippen LogP contribution in [0.25, 0.3) is 0 Å². The van der Waals surface area contributed by atoms with Gasteiger partial charge in [0.2, 0.25) is 11.8 Å². The van der Waals surface area contributed by atoms with Gasteiger partial charge in [-0.1, -0.05) is 49.2 Å². The number of benzene rings is 2. The van der Waals surface area contributed by atoms with E-state index in [0.717, 1.165) is 62.4 Å². The monoisotopic (exact) mass is 530 g/mol. The average Bonchev–Trinajstić information content (AvgIpc) is 3.36. The van der Waals surface area contributed by atoms with E-state index >= 15 is 0 Å². The minimum absolute atomic E-state index is 0.00802. The largest absolute Gasteiger partial charge is 0.416 e. The third kappa shape index (κ3) is 7.56. The highest BCUT2D eigenvalue weighted by atomic mass is 19.4. The lowest BCUT2D eigenvalue weighted by atomic mass is 9.89. The van der Waals surface area contributed by atoms with Gasteiger partial charge in [-0.2, -0.15) is 13.2 Å². The van der Waals surface area contributed by atoms with Crippen molar-refractivity contribution in [2.45, 2.75) is 62.8 Å². The average molecular weight is 531 g/mol. The molecule has 1 saturated carbocycles. The molecular formula is C28H33F3N4O3. The van der Waals surface area contributed by atoms with E-state index in [0.29, 0.717) is 13.0 Å². The Hall–Kier alpha value is -3.40. The normalized spacial score (nSPS) is 22.0. The molecule has 38 heavy (non-hydrogen) atoms. The predicted octanol–water partition coefficient (Wildman–Crippen LogP) is 3.30. The molecule has 1 aliphatic heterocycles. The molecule has 1 aliphatic carbocycles.